The molecule has 0 aliphatic carbocycles. The number of nitrogens with one attached hydrogen (secondary N) is 1. The van der Waals surface area contributed by atoms with Gasteiger partial charge >= 0.3 is 0 Å². The molecule has 0 aromatic heterocycles. The van der Waals surface area contributed by atoms with Gasteiger partial charge in [-0.15, -0.1) is 0 Å². The lowest BCUT2D eigenvalue weighted by Crippen LogP contribution is -2.42. The fourth-order valence-corrected chi connectivity index (χ4v) is 6.88. The molecule has 1 aliphatic rings. The summed E-state index contributed by atoms with van der Waals surface area (Å²) < 4.78 is 78.8. The Kier molecular flexibility index (Phi) is 9.64. The minimum Gasteiger partial charge on any atom is -0.492 e. The van der Waals surface area contributed by atoms with Crippen LogP contribution in [0.15, 0.2) is 82.6 Å². The van der Waals surface area contributed by atoms with Crippen LogP contribution in [-0.4, -0.2) is 73.0 Å². The number of carbonyl (C=O) groups is 1. The van der Waals surface area contributed by atoms with E-state index < -0.39 is 38.3 Å². The number of benzene rings is 3. The first-order valence-electron chi connectivity index (χ1n) is 12.2. The number of anilines is 1. The molecule has 0 saturated carbocycles. The van der Waals surface area contributed by atoms with Crippen LogP contribution in [0, 0.1) is 5.82 Å². The lowest BCUT2D eigenvalue weighted by Gasteiger charge is -2.26. The van der Waals surface area contributed by atoms with Crippen molar-refractivity contribution in [2.24, 2.45) is 0 Å². The summed E-state index contributed by atoms with van der Waals surface area (Å²) in [6.45, 7) is 0.759. The van der Waals surface area contributed by atoms with Crippen molar-refractivity contribution in [3.8, 4) is 5.75 Å². The third-order valence-corrected chi connectivity index (χ3v) is 9.92. The predicted octanol–water partition coefficient (Wildman–Crippen LogP) is 2.89. The molecule has 1 saturated heterocycles. The number of rotatable bonds is 11. The van der Waals surface area contributed by atoms with Crippen molar-refractivity contribution in [3.63, 3.8) is 0 Å². The van der Waals surface area contributed by atoms with Crippen LogP contribution in [0.4, 0.5) is 10.1 Å². The minimum atomic E-state index is -4.18. The number of morpholine rings is 1. The summed E-state index contributed by atoms with van der Waals surface area (Å²) in [6.07, 6.45) is 0. The van der Waals surface area contributed by atoms with Crippen LogP contribution in [0.3, 0.4) is 0 Å². The molecule has 0 unspecified atom stereocenters. The average Bonchev–Trinajstić information content (AvgIpc) is 2.96. The highest BCUT2D eigenvalue weighted by atomic mass is 35.5. The van der Waals surface area contributed by atoms with Crippen molar-refractivity contribution in [1.29, 1.82) is 0 Å². The maximum atomic E-state index is 13.7. The van der Waals surface area contributed by atoms with Crippen molar-refractivity contribution in [1.82, 2.24) is 9.62 Å². The van der Waals surface area contributed by atoms with Gasteiger partial charge < -0.3 is 14.8 Å². The van der Waals surface area contributed by atoms with Gasteiger partial charge in [-0.3, -0.25) is 9.10 Å². The Hall–Kier alpha value is -3.23. The maximum absolute atomic E-state index is 13.7. The lowest BCUT2D eigenvalue weighted by atomic mass is 10.3. The van der Waals surface area contributed by atoms with E-state index >= 15 is 0 Å². The van der Waals surface area contributed by atoms with Crippen molar-refractivity contribution in [2.75, 3.05) is 50.3 Å². The third kappa shape index (κ3) is 7.09. The van der Waals surface area contributed by atoms with Crippen LogP contribution >= 0.6 is 11.6 Å². The second-order valence-corrected chi connectivity index (χ2v) is 12.8. The zero-order chi connectivity index (χ0) is 28.8. The van der Waals surface area contributed by atoms with Crippen LogP contribution in [0.2, 0.25) is 5.02 Å². The average molecular weight is 612 g/mol. The molecular weight excluding hydrogens is 585 g/mol. The van der Waals surface area contributed by atoms with Crippen LogP contribution < -0.4 is 14.4 Å². The zero-order valence-electron chi connectivity index (χ0n) is 21.2. The Labute approximate surface area is 237 Å². The van der Waals surface area contributed by atoms with Gasteiger partial charge in [-0.2, -0.15) is 4.31 Å². The summed E-state index contributed by atoms with van der Waals surface area (Å²) >= 11 is 5.87. The van der Waals surface area contributed by atoms with Gasteiger partial charge in [0.1, 0.15) is 24.7 Å². The molecule has 0 bridgehead atoms. The first-order valence-corrected chi connectivity index (χ1v) is 15.4. The molecule has 214 valence electrons. The van der Waals surface area contributed by atoms with Gasteiger partial charge in [0, 0.05) is 13.1 Å². The summed E-state index contributed by atoms with van der Waals surface area (Å²) in [7, 11) is -7.81. The van der Waals surface area contributed by atoms with Gasteiger partial charge in [-0.05, 0) is 54.6 Å². The van der Waals surface area contributed by atoms with E-state index in [1.807, 2.05) is 0 Å². The number of carbonyl (C=O) groups excluding carboxylic acids is 1. The molecule has 1 amide bonds. The van der Waals surface area contributed by atoms with E-state index in [1.54, 1.807) is 18.2 Å². The summed E-state index contributed by atoms with van der Waals surface area (Å²) in [5, 5.41) is 2.30. The number of ether oxygens (including phenoxy) is 2. The third-order valence-electron chi connectivity index (χ3n) is 5.93. The van der Waals surface area contributed by atoms with Crippen molar-refractivity contribution >= 4 is 43.2 Å². The number of nitrogens with zero attached hydrogens (tertiary/aromatic N) is 2. The molecule has 1 aliphatic heterocycles. The van der Waals surface area contributed by atoms with Gasteiger partial charge in [0.15, 0.2) is 0 Å². The fourth-order valence-electron chi connectivity index (χ4n) is 3.86. The number of halogens is 2. The Bertz CT molecular complexity index is 1530. The van der Waals surface area contributed by atoms with Crippen molar-refractivity contribution in [2.45, 2.75) is 9.79 Å². The molecule has 0 spiro atoms. The molecule has 4 rings (SSSR count). The smallest absolute Gasteiger partial charge is 0.264 e. The minimum absolute atomic E-state index is 0.0220. The SMILES string of the molecule is O=C(CN(c1ccc(F)c(Cl)c1)S(=O)(=O)c1ccccc1)NCCOc1ccc(S(=O)(=O)N2CCOCC2)cc1. The Morgan fingerprint density at radius 2 is 1.65 bits per heavy atom. The number of sulfonamides is 2. The predicted molar refractivity (Wildman–Crippen MR) is 147 cm³/mol. The van der Waals surface area contributed by atoms with Crippen molar-refractivity contribution < 1.29 is 35.5 Å². The van der Waals surface area contributed by atoms with E-state index in [9.17, 15) is 26.0 Å². The molecule has 1 fully saturated rings. The highest BCUT2D eigenvalue weighted by Crippen LogP contribution is 2.27. The zero-order valence-corrected chi connectivity index (χ0v) is 23.6. The summed E-state index contributed by atoms with van der Waals surface area (Å²) in [6, 6.07) is 16.8. The summed E-state index contributed by atoms with van der Waals surface area (Å²) in [5.41, 5.74) is 0.0220. The number of amides is 1. The molecule has 3 aromatic carbocycles. The Morgan fingerprint density at radius 1 is 0.975 bits per heavy atom. The van der Waals surface area contributed by atoms with E-state index in [2.05, 4.69) is 5.32 Å². The van der Waals surface area contributed by atoms with Gasteiger partial charge in [-0.25, -0.2) is 21.2 Å². The van der Waals surface area contributed by atoms with Gasteiger partial charge in [0.25, 0.3) is 10.0 Å². The summed E-state index contributed by atoms with van der Waals surface area (Å²) in [5.74, 6) is -0.962. The normalized spacial score (nSPS) is 14.4. The van der Waals surface area contributed by atoms with E-state index in [0.717, 1.165) is 16.4 Å². The monoisotopic (exact) mass is 611 g/mol. The van der Waals surface area contributed by atoms with Crippen LogP contribution in [0.5, 0.6) is 5.75 Å². The van der Waals surface area contributed by atoms with Crippen LogP contribution in [0.25, 0.3) is 0 Å². The molecular formula is C26H27ClFN3O7S2. The van der Waals surface area contributed by atoms with E-state index in [1.165, 1.54) is 46.8 Å². The van der Waals surface area contributed by atoms with E-state index in [-0.39, 0.29) is 33.7 Å². The first-order chi connectivity index (χ1) is 19.1. The molecule has 0 atom stereocenters. The van der Waals surface area contributed by atoms with Crippen molar-refractivity contribution in [3.05, 3.63) is 83.6 Å². The molecule has 40 heavy (non-hydrogen) atoms. The quantitative estimate of drug-likeness (QED) is 0.331. The fraction of sp³-hybridized carbons (Fsp3) is 0.269. The van der Waals surface area contributed by atoms with E-state index in [0.29, 0.717) is 32.1 Å². The molecule has 0 radical (unpaired) electrons. The van der Waals surface area contributed by atoms with Crippen LogP contribution in [-0.2, 0) is 29.6 Å². The summed E-state index contributed by atoms with van der Waals surface area (Å²) in [4.78, 5) is 12.8. The number of hydrogen-bond acceptors (Lipinski definition) is 7. The number of hydrogen-bond donors (Lipinski definition) is 1. The topological polar surface area (TPSA) is 122 Å². The molecule has 3 aromatic rings. The molecule has 10 nitrogen and oxygen atoms in total. The molecule has 1 heterocycles. The van der Waals surface area contributed by atoms with E-state index in [4.69, 9.17) is 21.1 Å². The Morgan fingerprint density at radius 3 is 2.30 bits per heavy atom. The van der Waals surface area contributed by atoms with Gasteiger partial charge in [-0.1, -0.05) is 29.8 Å². The highest BCUT2D eigenvalue weighted by molar-refractivity contribution is 7.92. The largest absolute Gasteiger partial charge is 0.492 e. The van der Waals surface area contributed by atoms with Gasteiger partial charge in [0.05, 0.1) is 40.3 Å². The first kappa shape index (κ1) is 29.7. The lowest BCUT2D eigenvalue weighted by molar-refractivity contribution is -0.119. The molecule has 1 N–H and O–H groups in total. The second-order valence-electron chi connectivity index (χ2n) is 8.61. The maximum Gasteiger partial charge on any atom is 0.264 e. The standard InChI is InChI=1S/C26H27ClFN3O7S2/c27-24-18-20(6-11-25(24)28)31(40(35,36)22-4-2-1-3-5-22)19-26(32)29-12-15-38-21-7-9-23(10-8-21)39(33,34)30-13-16-37-17-14-30/h1-11,18H,12-17,19H2,(H,29,32). The van der Waals surface area contributed by atoms with Crippen LogP contribution in [0.1, 0.15) is 0 Å². The highest BCUT2D eigenvalue weighted by Gasteiger charge is 2.28. The Balaban J connectivity index is 1.36. The second kappa shape index (κ2) is 13.0. The van der Waals surface area contributed by atoms with Gasteiger partial charge in [0.2, 0.25) is 15.9 Å². The molecule has 14 heteroatoms.